The first-order valence-corrected chi connectivity index (χ1v) is 6.95. The average molecular weight is 322 g/mol. The van der Waals surface area contributed by atoms with Crippen LogP contribution in [0.1, 0.15) is 15.9 Å². The van der Waals surface area contributed by atoms with Crippen LogP contribution in [0.15, 0.2) is 54.1 Å². The van der Waals surface area contributed by atoms with Gasteiger partial charge in [0.15, 0.2) is 5.75 Å². The molecular weight excluding hydrogens is 308 g/mol. The Balaban J connectivity index is 2.28. The number of nitriles is 1. The van der Waals surface area contributed by atoms with Gasteiger partial charge in [0, 0.05) is 0 Å². The standard InChI is InChI=1S/C18H14N2O4/c1-24-18(23)14-8-5-9-15(16(14)21)20-17(22)13(11-19)10-12-6-3-2-4-7-12/h2-10,21H,1H3,(H,20,22)/b13-10+. The van der Waals surface area contributed by atoms with E-state index in [1.165, 1.54) is 31.4 Å². The Labute approximate surface area is 138 Å². The molecule has 0 saturated carbocycles. The van der Waals surface area contributed by atoms with E-state index in [-0.39, 0.29) is 16.8 Å². The molecule has 0 fully saturated rings. The van der Waals surface area contributed by atoms with Gasteiger partial charge in [-0.05, 0) is 23.8 Å². The summed E-state index contributed by atoms with van der Waals surface area (Å²) in [6.45, 7) is 0. The molecule has 120 valence electrons. The first-order chi connectivity index (χ1) is 11.6. The number of aromatic hydroxyl groups is 1. The number of amides is 1. The molecule has 6 nitrogen and oxygen atoms in total. The van der Waals surface area contributed by atoms with Crippen LogP contribution < -0.4 is 5.32 Å². The van der Waals surface area contributed by atoms with Crippen molar-refractivity contribution in [2.45, 2.75) is 0 Å². The van der Waals surface area contributed by atoms with Crippen LogP contribution in [0.25, 0.3) is 6.08 Å². The van der Waals surface area contributed by atoms with Crippen LogP contribution in [0.2, 0.25) is 0 Å². The van der Waals surface area contributed by atoms with E-state index < -0.39 is 17.6 Å². The van der Waals surface area contributed by atoms with Gasteiger partial charge in [0.05, 0.1) is 12.8 Å². The van der Waals surface area contributed by atoms with Gasteiger partial charge in [0.1, 0.15) is 17.2 Å². The number of nitrogens with zero attached hydrogens (tertiary/aromatic N) is 1. The summed E-state index contributed by atoms with van der Waals surface area (Å²) in [7, 11) is 1.18. The van der Waals surface area contributed by atoms with Crippen molar-refractivity contribution in [1.29, 1.82) is 5.26 Å². The van der Waals surface area contributed by atoms with Gasteiger partial charge in [0.2, 0.25) is 0 Å². The summed E-state index contributed by atoms with van der Waals surface area (Å²) in [5.41, 5.74) is 0.485. The number of benzene rings is 2. The van der Waals surface area contributed by atoms with E-state index in [0.717, 1.165) is 0 Å². The number of para-hydroxylation sites is 1. The molecule has 0 atom stereocenters. The van der Waals surface area contributed by atoms with Crippen molar-refractivity contribution in [3.8, 4) is 11.8 Å². The van der Waals surface area contributed by atoms with Crippen LogP contribution in [0.5, 0.6) is 5.75 Å². The number of hydrogen-bond donors (Lipinski definition) is 2. The third-order valence-corrected chi connectivity index (χ3v) is 3.17. The number of ether oxygens (including phenoxy) is 1. The summed E-state index contributed by atoms with van der Waals surface area (Å²) in [6.07, 6.45) is 1.43. The van der Waals surface area contributed by atoms with Crippen molar-refractivity contribution in [2.24, 2.45) is 0 Å². The number of nitrogens with one attached hydrogen (secondary N) is 1. The van der Waals surface area contributed by atoms with Crippen LogP contribution in [0.4, 0.5) is 5.69 Å². The molecule has 2 rings (SSSR count). The summed E-state index contributed by atoms with van der Waals surface area (Å²) < 4.78 is 4.55. The molecule has 0 aliphatic heterocycles. The Morgan fingerprint density at radius 1 is 1.17 bits per heavy atom. The smallest absolute Gasteiger partial charge is 0.341 e. The van der Waals surface area contributed by atoms with E-state index in [4.69, 9.17) is 0 Å². The largest absolute Gasteiger partial charge is 0.505 e. The summed E-state index contributed by atoms with van der Waals surface area (Å²) in [4.78, 5) is 23.8. The Bertz CT molecular complexity index is 836. The zero-order valence-electron chi connectivity index (χ0n) is 12.8. The number of carbonyl (C=O) groups excluding carboxylic acids is 2. The molecule has 0 unspecified atom stereocenters. The lowest BCUT2D eigenvalue weighted by Crippen LogP contribution is -2.14. The first-order valence-electron chi connectivity index (χ1n) is 6.95. The quantitative estimate of drug-likeness (QED) is 0.390. The topological polar surface area (TPSA) is 99.4 Å². The third-order valence-electron chi connectivity index (χ3n) is 3.17. The fourth-order valence-corrected chi connectivity index (χ4v) is 1.97. The van der Waals surface area contributed by atoms with Gasteiger partial charge in [-0.15, -0.1) is 0 Å². The first kappa shape index (κ1) is 16.8. The molecule has 0 spiro atoms. The molecule has 2 aromatic rings. The summed E-state index contributed by atoms with van der Waals surface area (Å²) in [5, 5.41) is 21.6. The SMILES string of the molecule is COC(=O)c1cccc(NC(=O)/C(C#N)=C/c2ccccc2)c1O. The van der Waals surface area contributed by atoms with E-state index in [1.807, 2.05) is 12.1 Å². The Morgan fingerprint density at radius 2 is 1.88 bits per heavy atom. The molecule has 0 bridgehead atoms. The van der Waals surface area contributed by atoms with Crippen LogP contribution >= 0.6 is 0 Å². The van der Waals surface area contributed by atoms with Crippen LogP contribution in [0.3, 0.4) is 0 Å². The maximum absolute atomic E-state index is 12.2. The summed E-state index contributed by atoms with van der Waals surface area (Å²) >= 11 is 0. The molecule has 0 aliphatic rings. The van der Waals surface area contributed by atoms with E-state index in [9.17, 15) is 20.0 Å². The van der Waals surface area contributed by atoms with Crippen molar-refractivity contribution >= 4 is 23.6 Å². The van der Waals surface area contributed by atoms with Gasteiger partial charge in [0.25, 0.3) is 5.91 Å². The van der Waals surface area contributed by atoms with Crippen molar-refractivity contribution in [3.63, 3.8) is 0 Å². The Morgan fingerprint density at radius 3 is 2.50 bits per heavy atom. The number of rotatable bonds is 4. The van der Waals surface area contributed by atoms with E-state index >= 15 is 0 Å². The highest BCUT2D eigenvalue weighted by molar-refractivity contribution is 6.10. The van der Waals surface area contributed by atoms with Crippen molar-refractivity contribution in [1.82, 2.24) is 0 Å². The highest BCUT2D eigenvalue weighted by atomic mass is 16.5. The van der Waals surface area contributed by atoms with Crippen molar-refractivity contribution < 1.29 is 19.4 Å². The highest BCUT2D eigenvalue weighted by Gasteiger charge is 2.17. The van der Waals surface area contributed by atoms with Crippen LogP contribution in [-0.2, 0) is 9.53 Å². The van der Waals surface area contributed by atoms with E-state index in [2.05, 4.69) is 10.1 Å². The number of methoxy groups -OCH3 is 1. The molecule has 6 heteroatoms. The Kier molecular flexibility index (Phi) is 5.32. The molecule has 0 heterocycles. The second kappa shape index (κ2) is 7.61. The fraction of sp³-hybridized carbons (Fsp3) is 0.0556. The van der Waals surface area contributed by atoms with Crippen molar-refractivity contribution in [3.05, 3.63) is 65.2 Å². The molecule has 2 aromatic carbocycles. The van der Waals surface area contributed by atoms with Gasteiger partial charge in [-0.1, -0.05) is 36.4 Å². The van der Waals surface area contributed by atoms with Gasteiger partial charge in [-0.25, -0.2) is 4.79 Å². The third kappa shape index (κ3) is 3.78. The van der Waals surface area contributed by atoms with E-state index in [0.29, 0.717) is 5.56 Å². The second-order valence-corrected chi connectivity index (χ2v) is 4.73. The minimum Gasteiger partial charge on any atom is -0.505 e. The average Bonchev–Trinajstić information content (AvgIpc) is 2.61. The fourth-order valence-electron chi connectivity index (χ4n) is 1.97. The van der Waals surface area contributed by atoms with Gasteiger partial charge in [-0.3, -0.25) is 4.79 Å². The minimum atomic E-state index is -0.732. The maximum Gasteiger partial charge on any atom is 0.341 e. The van der Waals surface area contributed by atoms with Gasteiger partial charge in [-0.2, -0.15) is 5.26 Å². The van der Waals surface area contributed by atoms with Crippen LogP contribution in [0, 0.1) is 11.3 Å². The molecule has 0 aromatic heterocycles. The number of phenols is 1. The lowest BCUT2D eigenvalue weighted by atomic mass is 10.1. The maximum atomic E-state index is 12.2. The lowest BCUT2D eigenvalue weighted by molar-refractivity contribution is -0.112. The minimum absolute atomic E-state index is 0.0112. The Hall–Kier alpha value is -3.59. The van der Waals surface area contributed by atoms with Gasteiger partial charge < -0.3 is 15.2 Å². The highest BCUT2D eigenvalue weighted by Crippen LogP contribution is 2.28. The van der Waals surface area contributed by atoms with E-state index in [1.54, 1.807) is 24.3 Å². The number of carbonyl (C=O) groups is 2. The number of esters is 1. The zero-order chi connectivity index (χ0) is 17.5. The number of phenolic OH excluding ortho intramolecular Hbond substituents is 1. The number of anilines is 1. The van der Waals surface area contributed by atoms with Crippen LogP contribution in [-0.4, -0.2) is 24.1 Å². The predicted octanol–water partition coefficient (Wildman–Crippen LogP) is 2.72. The predicted molar refractivity (Wildman–Crippen MR) is 88.1 cm³/mol. The normalized spacial score (nSPS) is 10.6. The van der Waals surface area contributed by atoms with Gasteiger partial charge >= 0.3 is 5.97 Å². The molecule has 1 amide bonds. The molecule has 0 radical (unpaired) electrons. The van der Waals surface area contributed by atoms with Crippen molar-refractivity contribution in [2.75, 3.05) is 12.4 Å². The number of hydrogen-bond acceptors (Lipinski definition) is 5. The lowest BCUT2D eigenvalue weighted by Gasteiger charge is -2.09. The summed E-state index contributed by atoms with van der Waals surface area (Å²) in [6, 6.07) is 15.0. The molecule has 2 N–H and O–H groups in total. The monoisotopic (exact) mass is 322 g/mol. The molecule has 0 aliphatic carbocycles. The zero-order valence-corrected chi connectivity index (χ0v) is 12.8. The molecule has 24 heavy (non-hydrogen) atoms. The second-order valence-electron chi connectivity index (χ2n) is 4.73. The molecular formula is C18H14N2O4. The summed E-state index contributed by atoms with van der Waals surface area (Å²) in [5.74, 6) is -1.85. The molecule has 0 saturated heterocycles.